The molecule has 1 fully saturated rings. The number of hydrogen-bond acceptors (Lipinski definition) is 2. The fourth-order valence-electron chi connectivity index (χ4n) is 1.62. The number of halogens is 1. The van der Waals surface area contributed by atoms with Crippen molar-refractivity contribution >= 4 is 11.6 Å². The zero-order chi connectivity index (χ0) is 9.26. The van der Waals surface area contributed by atoms with Crippen LogP contribution in [0.5, 0.6) is 0 Å². The fourth-order valence-corrected chi connectivity index (χ4v) is 1.75. The number of ether oxygens (including phenoxy) is 1. The van der Waals surface area contributed by atoms with Gasteiger partial charge in [0.2, 0.25) is 0 Å². The van der Waals surface area contributed by atoms with E-state index in [1.165, 1.54) is 5.56 Å². The minimum absolute atomic E-state index is 0.126. The van der Waals surface area contributed by atoms with Crippen LogP contribution in [0.25, 0.3) is 0 Å². The van der Waals surface area contributed by atoms with E-state index in [1.807, 2.05) is 24.3 Å². The van der Waals surface area contributed by atoms with E-state index in [4.69, 9.17) is 22.1 Å². The van der Waals surface area contributed by atoms with Crippen molar-refractivity contribution in [3.63, 3.8) is 0 Å². The van der Waals surface area contributed by atoms with Gasteiger partial charge < -0.3 is 10.5 Å². The van der Waals surface area contributed by atoms with Crippen LogP contribution >= 0.6 is 11.6 Å². The van der Waals surface area contributed by atoms with E-state index in [-0.39, 0.29) is 6.04 Å². The van der Waals surface area contributed by atoms with Gasteiger partial charge in [0.1, 0.15) is 0 Å². The molecule has 0 aromatic heterocycles. The summed E-state index contributed by atoms with van der Waals surface area (Å²) in [7, 11) is 0. The zero-order valence-corrected chi connectivity index (χ0v) is 8.00. The molecule has 1 aliphatic heterocycles. The van der Waals surface area contributed by atoms with Gasteiger partial charge in [-0.15, -0.1) is 0 Å². The molecule has 0 spiro atoms. The average Bonchev–Trinajstić information content (AvgIpc) is 2.53. The summed E-state index contributed by atoms with van der Waals surface area (Å²) in [5.41, 5.74) is 7.11. The van der Waals surface area contributed by atoms with Crippen molar-refractivity contribution in [3.8, 4) is 0 Å². The number of hydrogen-bond donors (Lipinski definition) is 1. The number of nitrogens with two attached hydrogens (primary N) is 1. The van der Waals surface area contributed by atoms with Crippen LogP contribution in [0.2, 0.25) is 5.02 Å². The Balaban J connectivity index is 2.20. The highest BCUT2D eigenvalue weighted by atomic mass is 35.5. The summed E-state index contributed by atoms with van der Waals surface area (Å²) in [4.78, 5) is 0. The molecule has 0 amide bonds. The summed E-state index contributed by atoms with van der Waals surface area (Å²) >= 11 is 5.79. The summed E-state index contributed by atoms with van der Waals surface area (Å²) in [5, 5.41) is 0.760. The maximum Gasteiger partial charge on any atom is 0.0624 e. The molecule has 2 nitrogen and oxygen atoms in total. The van der Waals surface area contributed by atoms with Gasteiger partial charge in [0.05, 0.1) is 13.2 Å². The summed E-state index contributed by atoms with van der Waals surface area (Å²) in [5.74, 6) is 0.331. The first-order chi connectivity index (χ1) is 6.27. The number of rotatable bonds is 1. The SMILES string of the molecule is NC1COCC1c1ccc(Cl)cc1. The summed E-state index contributed by atoms with van der Waals surface area (Å²) in [6, 6.07) is 7.94. The van der Waals surface area contributed by atoms with Gasteiger partial charge in [-0.05, 0) is 17.7 Å². The molecule has 0 saturated carbocycles. The normalized spacial score (nSPS) is 27.8. The van der Waals surface area contributed by atoms with E-state index in [0.717, 1.165) is 11.6 Å². The lowest BCUT2D eigenvalue weighted by molar-refractivity contribution is 0.191. The van der Waals surface area contributed by atoms with E-state index in [9.17, 15) is 0 Å². The van der Waals surface area contributed by atoms with Gasteiger partial charge in [-0.25, -0.2) is 0 Å². The lowest BCUT2D eigenvalue weighted by atomic mass is 9.95. The van der Waals surface area contributed by atoms with Gasteiger partial charge in [0.25, 0.3) is 0 Å². The van der Waals surface area contributed by atoms with Crippen molar-refractivity contribution in [2.24, 2.45) is 5.73 Å². The van der Waals surface area contributed by atoms with E-state index in [0.29, 0.717) is 12.5 Å². The first-order valence-corrected chi connectivity index (χ1v) is 4.74. The van der Waals surface area contributed by atoms with Gasteiger partial charge in [-0.1, -0.05) is 23.7 Å². The predicted molar refractivity (Wildman–Crippen MR) is 53.0 cm³/mol. The molecule has 1 heterocycles. The molecule has 70 valence electrons. The van der Waals surface area contributed by atoms with Crippen LogP contribution in [-0.4, -0.2) is 19.3 Å². The van der Waals surface area contributed by atoms with Gasteiger partial charge in [0.15, 0.2) is 0 Å². The Morgan fingerprint density at radius 2 is 1.92 bits per heavy atom. The molecular formula is C10H12ClNO. The van der Waals surface area contributed by atoms with Crippen LogP contribution in [-0.2, 0) is 4.74 Å². The molecule has 0 aliphatic carbocycles. The lowest BCUT2D eigenvalue weighted by Crippen LogP contribution is -2.26. The molecule has 0 radical (unpaired) electrons. The molecule has 3 heteroatoms. The van der Waals surface area contributed by atoms with Gasteiger partial charge in [-0.2, -0.15) is 0 Å². The Morgan fingerprint density at radius 3 is 2.46 bits per heavy atom. The summed E-state index contributed by atoms with van der Waals surface area (Å²) in [6.45, 7) is 1.39. The van der Waals surface area contributed by atoms with E-state index in [2.05, 4.69) is 0 Å². The molecule has 2 rings (SSSR count). The van der Waals surface area contributed by atoms with Crippen molar-refractivity contribution in [2.45, 2.75) is 12.0 Å². The molecule has 1 aromatic rings. The third kappa shape index (κ3) is 1.85. The monoisotopic (exact) mass is 197 g/mol. The molecule has 2 N–H and O–H groups in total. The first-order valence-electron chi connectivity index (χ1n) is 4.36. The first kappa shape index (κ1) is 9.00. The Bertz CT molecular complexity index is 285. The summed E-state index contributed by atoms with van der Waals surface area (Å²) < 4.78 is 5.30. The second-order valence-electron chi connectivity index (χ2n) is 3.36. The Kier molecular flexibility index (Phi) is 2.54. The van der Waals surface area contributed by atoms with Crippen LogP contribution in [0.4, 0.5) is 0 Å². The Labute approximate surface area is 82.6 Å². The predicted octanol–water partition coefficient (Wildman–Crippen LogP) is 1.78. The minimum Gasteiger partial charge on any atom is -0.379 e. The molecule has 1 aromatic carbocycles. The van der Waals surface area contributed by atoms with Crippen LogP contribution in [0.15, 0.2) is 24.3 Å². The maximum absolute atomic E-state index is 5.89. The maximum atomic E-state index is 5.89. The third-order valence-electron chi connectivity index (χ3n) is 2.42. The van der Waals surface area contributed by atoms with Crippen molar-refractivity contribution in [1.82, 2.24) is 0 Å². The highest BCUT2D eigenvalue weighted by Crippen LogP contribution is 2.25. The van der Waals surface area contributed by atoms with Gasteiger partial charge in [-0.3, -0.25) is 0 Å². The van der Waals surface area contributed by atoms with Crippen molar-refractivity contribution in [2.75, 3.05) is 13.2 Å². The van der Waals surface area contributed by atoms with Crippen LogP contribution in [0, 0.1) is 0 Å². The fraction of sp³-hybridized carbons (Fsp3) is 0.400. The summed E-state index contributed by atoms with van der Waals surface area (Å²) in [6.07, 6.45) is 0. The third-order valence-corrected chi connectivity index (χ3v) is 2.67. The zero-order valence-electron chi connectivity index (χ0n) is 7.24. The van der Waals surface area contributed by atoms with Crippen molar-refractivity contribution in [1.29, 1.82) is 0 Å². The molecule has 1 saturated heterocycles. The standard InChI is InChI=1S/C10H12ClNO/c11-8-3-1-7(2-4-8)9-5-13-6-10(9)12/h1-4,9-10H,5-6,12H2. The van der Waals surface area contributed by atoms with Crippen LogP contribution in [0.1, 0.15) is 11.5 Å². The Hall–Kier alpha value is -0.570. The van der Waals surface area contributed by atoms with Crippen molar-refractivity contribution in [3.05, 3.63) is 34.9 Å². The highest BCUT2D eigenvalue weighted by Gasteiger charge is 2.25. The smallest absolute Gasteiger partial charge is 0.0624 e. The highest BCUT2D eigenvalue weighted by molar-refractivity contribution is 6.30. The topological polar surface area (TPSA) is 35.2 Å². The second kappa shape index (κ2) is 3.66. The largest absolute Gasteiger partial charge is 0.379 e. The van der Waals surface area contributed by atoms with Crippen LogP contribution in [0.3, 0.4) is 0 Å². The van der Waals surface area contributed by atoms with E-state index in [1.54, 1.807) is 0 Å². The Morgan fingerprint density at radius 1 is 1.23 bits per heavy atom. The van der Waals surface area contributed by atoms with E-state index >= 15 is 0 Å². The molecule has 1 aliphatic rings. The van der Waals surface area contributed by atoms with E-state index < -0.39 is 0 Å². The van der Waals surface area contributed by atoms with Crippen molar-refractivity contribution < 1.29 is 4.74 Å². The minimum atomic E-state index is 0.126. The van der Waals surface area contributed by atoms with Gasteiger partial charge in [0, 0.05) is 17.0 Å². The molecule has 0 bridgehead atoms. The molecular weight excluding hydrogens is 186 g/mol. The van der Waals surface area contributed by atoms with Gasteiger partial charge >= 0.3 is 0 Å². The molecule has 13 heavy (non-hydrogen) atoms. The number of benzene rings is 1. The average molecular weight is 198 g/mol. The second-order valence-corrected chi connectivity index (χ2v) is 3.80. The molecule has 2 unspecified atom stereocenters. The lowest BCUT2D eigenvalue weighted by Gasteiger charge is -2.12. The quantitative estimate of drug-likeness (QED) is 0.745. The molecule has 2 atom stereocenters. The van der Waals surface area contributed by atoms with Crippen LogP contribution < -0.4 is 5.73 Å².